The van der Waals surface area contributed by atoms with Crippen LogP contribution in [0.5, 0.6) is 5.75 Å². The quantitative estimate of drug-likeness (QED) is 0.592. The van der Waals surface area contributed by atoms with Gasteiger partial charge in [0.15, 0.2) is 0 Å². The second-order valence-corrected chi connectivity index (χ2v) is 9.76. The minimum atomic E-state index is -3.66. The van der Waals surface area contributed by atoms with Gasteiger partial charge in [0.2, 0.25) is 0 Å². The van der Waals surface area contributed by atoms with Gasteiger partial charge >= 0.3 is 0 Å². The van der Waals surface area contributed by atoms with Gasteiger partial charge in [-0.15, -0.1) is 0 Å². The Hall–Kier alpha value is -3.25. The molecule has 0 spiro atoms. The van der Waals surface area contributed by atoms with E-state index in [2.05, 4.69) is 4.90 Å². The molecule has 31 heavy (non-hydrogen) atoms. The second-order valence-electron chi connectivity index (χ2n) is 7.89. The molecule has 3 aromatic carbocycles. The molecule has 0 amide bonds. The lowest BCUT2D eigenvalue weighted by Gasteiger charge is -2.34. The van der Waals surface area contributed by atoms with Gasteiger partial charge in [0, 0.05) is 17.8 Å². The Balaban J connectivity index is 1.58. The van der Waals surface area contributed by atoms with E-state index in [-0.39, 0.29) is 0 Å². The first kappa shape index (κ1) is 19.7. The third kappa shape index (κ3) is 3.27. The molecule has 2 aliphatic heterocycles. The average molecular weight is 433 g/mol. The molecule has 5 nitrogen and oxygen atoms in total. The molecular weight excluding hydrogens is 408 g/mol. The summed E-state index contributed by atoms with van der Waals surface area (Å²) in [5, 5.41) is 0. The fourth-order valence-corrected chi connectivity index (χ4v) is 5.86. The first-order valence-corrected chi connectivity index (χ1v) is 11.8. The highest BCUT2D eigenvalue weighted by Crippen LogP contribution is 2.45. The van der Waals surface area contributed by atoms with Crippen LogP contribution in [0, 0.1) is 6.92 Å². The molecule has 0 saturated carbocycles. The van der Waals surface area contributed by atoms with Crippen LogP contribution in [0.15, 0.2) is 83.3 Å². The van der Waals surface area contributed by atoms with Crippen molar-refractivity contribution in [1.29, 1.82) is 0 Å². The Kier molecular flexibility index (Phi) is 4.74. The number of methoxy groups -OCH3 is 1. The van der Waals surface area contributed by atoms with Crippen LogP contribution in [0.1, 0.15) is 17.5 Å². The van der Waals surface area contributed by atoms with E-state index >= 15 is 0 Å². The molecule has 0 atom stereocenters. The molecule has 5 rings (SSSR count). The largest absolute Gasteiger partial charge is 0.497 e. The Labute approximate surface area is 183 Å². The number of benzene rings is 3. The SMILES string of the molecule is COc1ccc(N2CCC3=C2c2ccccc2N(S(=O)(=O)c2ccc(C)cc2)C3)cc1. The van der Waals surface area contributed by atoms with Crippen molar-refractivity contribution in [3.8, 4) is 5.75 Å². The van der Waals surface area contributed by atoms with Crippen LogP contribution in [0.2, 0.25) is 0 Å². The lowest BCUT2D eigenvalue weighted by atomic mass is 10.0. The maximum absolute atomic E-state index is 13.5. The zero-order valence-corrected chi connectivity index (χ0v) is 18.4. The normalized spacial score (nSPS) is 15.7. The van der Waals surface area contributed by atoms with Gasteiger partial charge in [-0.1, -0.05) is 35.9 Å². The summed E-state index contributed by atoms with van der Waals surface area (Å²) in [7, 11) is -2.00. The molecule has 0 unspecified atom stereocenters. The lowest BCUT2D eigenvalue weighted by Crippen LogP contribution is -2.36. The summed E-state index contributed by atoms with van der Waals surface area (Å²) in [6.45, 7) is 3.15. The minimum Gasteiger partial charge on any atom is -0.497 e. The van der Waals surface area contributed by atoms with Crippen molar-refractivity contribution in [2.45, 2.75) is 18.2 Å². The summed E-state index contributed by atoms with van der Waals surface area (Å²) in [4.78, 5) is 2.60. The average Bonchev–Trinajstić information content (AvgIpc) is 3.23. The number of nitrogens with zero attached hydrogens (tertiary/aromatic N) is 2. The maximum atomic E-state index is 13.5. The molecule has 3 aromatic rings. The van der Waals surface area contributed by atoms with Crippen LogP contribution in [0.4, 0.5) is 11.4 Å². The first-order chi connectivity index (χ1) is 15.0. The highest BCUT2D eigenvalue weighted by molar-refractivity contribution is 7.92. The first-order valence-electron chi connectivity index (χ1n) is 10.3. The molecule has 0 aromatic heterocycles. The fourth-order valence-electron chi connectivity index (χ4n) is 4.38. The number of sulfonamides is 1. The molecular formula is C25H24N2O3S. The van der Waals surface area contributed by atoms with E-state index in [1.807, 2.05) is 67.6 Å². The van der Waals surface area contributed by atoms with Gasteiger partial charge in [-0.25, -0.2) is 8.42 Å². The molecule has 0 saturated heterocycles. The summed E-state index contributed by atoms with van der Waals surface area (Å²) in [6, 6.07) is 22.9. The highest BCUT2D eigenvalue weighted by Gasteiger charge is 2.37. The van der Waals surface area contributed by atoms with Gasteiger partial charge < -0.3 is 9.64 Å². The van der Waals surface area contributed by atoms with Crippen LogP contribution in [-0.2, 0) is 10.0 Å². The number of aryl methyl sites for hydroxylation is 1. The van der Waals surface area contributed by atoms with Crippen molar-refractivity contribution in [2.24, 2.45) is 0 Å². The number of para-hydroxylation sites is 1. The predicted octanol–water partition coefficient (Wildman–Crippen LogP) is 4.83. The van der Waals surface area contributed by atoms with Crippen LogP contribution >= 0.6 is 0 Å². The Morgan fingerprint density at radius 2 is 1.61 bits per heavy atom. The number of hydrogen-bond acceptors (Lipinski definition) is 4. The number of ether oxygens (including phenoxy) is 1. The van der Waals surface area contributed by atoms with E-state index in [0.29, 0.717) is 11.4 Å². The van der Waals surface area contributed by atoms with Crippen LogP contribution in [-0.4, -0.2) is 28.6 Å². The van der Waals surface area contributed by atoms with Crippen LogP contribution < -0.4 is 13.9 Å². The summed E-state index contributed by atoms with van der Waals surface area (Å²) >= 11 is 0. The monoisotopic (exact) mass is 432 g/mol. The zero-order valence-electron chi connectivity index (χ0n) is 17.6. The third-order valence-electron chi connectivity index (χ3n) is 6.00. The lowest BCUT2D eigenvalue weighted by molar-refractivity contribution is 0.415. The number of rotatable bonds is 4. The molecule has 2 heterocycles. The molecule has 0 bridgehead atoms. The molecule has 0 N–H and O–H groups in total. The standard InChI is InChI=1S/C25H24N2O3S/c1-18-7-13-22(14-8-18)31(28,29)27-17-19-15-16-26(20-9-11-21(30-2)12-10-20)25(19)23-5-3-4-6-24(23)27/h3-14H,15-17H2,1-2H3. The maximum Gasteiger partial charge on any atom is 0.264 e. The molecule has 6 heteroatoms. The molecule has 2 aliphatic rings. The molecule has 0 radical (unpaired) electrons. The smallest absolute Gasteiger partial charge is 0.264 e. The minimum absolute atomic E-state index is 0.321. The zero-order chi connectivity index (χ0) is 21.6. The summed E-state index contributed by atoms with van der Waals surface area (Å²) in [5.41, 5.74) is 6.06. The number of hydrogen-bond donors (Lipinski definition) is 0. The van der Waals surface area contributed by atoms with E-state index in [4.69, 9.17) is 4.74 Å². The van der Waals surface area contributed by atoms with Gasteiger partial charge in [-0.2, -0.15) is 0 Å². The summed E-state index contributed by atoms with van der Waals surface area (Å²) in [5.74, 6) is 0.816. The van der Waals surface area contributed by atoms with E-state index in [1.165, 1.54) is 0 Å². The summed E-state index contributed by atoms with van der Waals surface area (Å²) in [6.07, 6.45) is 0.829. The summed E-state index contributed by atoms with van der Waals surface area (Å²) < 4.78 is 33.9. The second kappa shape index (κ2) is 7.46. The van der Waals surface area contributed by atoms with Crippen LogP contribution in [0.3, 0.4) is 0 Å². The van der Waals surface area contributed by atoms with E-state index < -0.39 is 10.0 Å². The molecule has 0 fully saturated rings. The van der Waals surface area contributed by atoms with Crippen molar-refractivity contribution in [3.05, 3.63) is 89.5 Å². The van der Waals surface area contributed by atoms with Gasteiger partial charge in [-0.05, 0) is 61.4 Å². The Morgan fingerprint density at radius 1 is 0.903 bits per heavy atom. The highest BCUT2D eigenvalue weighted by atomic mass is 32.2. The van der Waals surface area contributed by atoms with Gasteiger partial charge in [-0.3, -0.25) is 4.31 Å². The molecule has 0 aliphatic carbocycles. The fraction of sp³-hybridized carbons (Fsp3) is 0.200. The van der Waals surface area contributed by atoms with Crippen molar-refractivity contribution >= 4 is 27.1 Å². The Morgan fingerprint density at radius 3 is 2.32 bits per heavy atom. The van der Waals surface area contributed by atoms with Crippen molar-refractivity contribution in [2.75, 3.05) is 29.4 Å². The van der Waals surface area contributed by atoms with Crippen molar-refractivity contribution < 1.29 is 13.2 Å². The van der Waals surface area contributed by atoms with E-state index in [1.54, 1.807) is 23.5 Å². The predicted molar refractivity (Wildman–Crippen MR) is 124 cm³/mol. The van der Waals surface area contributed by atoms with E-state index in [9.17, 15) is 8.42 Å². The third-order valence-corrected chi connectivity index (χ3v) is 7.77. The van der Waals surface area contributed by atoms with Gasteiger partial charge in [0.1, 0.15) is 5.75 Å². The number of fused-ring (bicyclic) bond motifs is 2. The van der Waals surface area contributed by atoms with Gasteiger partial charge in [0.25, 0.3) is 10.0 Å². The van der Waals surface area contributed by atoms with Crippen LogP contribution in [0.25, 0.3) is 5.70 Å². The van der Waals surface area contributed by atoms with Gasteiger partial charge in [0.05, 0.1) is 29.9 Å². The van der Waals surface area contributed by atoms with E-state index in [0.717, 1.165) is 52.5 Å². The van der Waals surface area contributed by atoms with Crippen molar-refractivity contribution in [1.82, 2.24) is 0 Å². The van der Waals surface area contributed by atoms with Crippen molar-refractivity contribution in [3.63, 3.8) is 0 Å². The molecule has 158 valence electrons. The Bertz CT molecular complexity index is 1260. The number of anilines is 2. The topological polar surface area (TPSA) is 49.9 Å².